The molecular formula is C16H26N2. The smallest absolute Gasteiger partial charge is 0.0294 e. The highest BCUT2D eigenvalue weighted by Crippen LogP contribution is 2.18. The third-order valence-electron chi connectivity index (χ3n) is 4.05. The Kier molecular flexibility index (Phi) is 4.79. The van der Waals surface area contributed by atoms with E-state index in [-0.39, 0.29) is 0 Å². The molecule has 1 fully saturated rings. The average Bonchev–Trinajstić information content (AvgIpc) is 2.40. The molecule has 1 atom stereocenters. The molecule has 0 amide bonds. The standard InChI is InChI=1S/C16H26N2/c1-13(2)18-11-9-16(10-12-18)17-14(3)15-7-5-4-6-8-15/h4-8,13-14,16-17H,9-12H2,1-3H3. The van der Waals surface area contributed by atoms with Crippen molar-refractivity contribution in [3.05, 3.63) is 35.9 Å². The summed E-state index contributed by atoms with van der Waals surface area (Å²) in [4.78, 5) is 2.57. The fraction of sp³-hybridized carbons (Fsp3) is 0.625. The normalized spacial score (nSPS) is 20.2. The summed E-state index contributed by atoms with van der Waals surface area (Å²) in [6.07, 6.45) is 2.55. The molecule has 1 aliphatic rings. The molecule has 0 spiro atoms. The molecule has 0 aromatic heterocycles. The number of benzene rings is 1. The van der Waals surface area contributed by atoms with Gasteiger partial charge in [-0.3, -0.25) is 0 Å². The Balaban J connectivity index is 1.81. The zero-order chi connectivity index (χ0) is 13.0. The van der Waals surface area contributed by atoms with Crippen LogP contribution in [0, 0.1) is 0 Å². The highest BCUT2D eigenvalue weighted by atomic mass is 15.2. The SMILES string of the molecule is CC(NC1CCN(C(C)C)CC1)c1ccccc1. The Morgan fingerprint density at radius 3 is 2.22 bits per heavy atom. The lowest BCUT2D eigenvalue weighted by molar-refractivity contribution is 0.157. The van der Waals surface area contributed by atoms with Crippen molar-refractivity contribution in [2.45, 2.75) is 51.7 Å². The number of rotatable bonds is 4. The molecule has 1 saturated heterocycles. The van der Waals surface area contributed by atoms with Crippen molar-refractivity contribution in [3.63, 3.8) is 0 Å². The Labute approximate surface area is 111 Å². The highest BCUT2D eigenvalue weighted by Gasteiger charge is 2.21. The van der Waals surface area contributed by atoms with Gasteiger partial charge in [0, 0.05) is 18.1 Å². The van der Waals surface area contributed by atoms with Crippen LogP contribution in [-0.4, -0.2) is 30.1 Å². The molecule has 0 aliphatic carbocycles. The second-order valence-electron chi connectivity index (χ2n) is 5.70. The van der Waals surface area contributed by atoms with Gasteiger partial charge in [-0.25, -0.2) is 0 Å². The highest BCUT2D eigenvalue weighted by molar-refractivity contribution is 5.18. The molecular weight excluding hydrogens is 220 g/mol. The van der Waals surface area contributed by atoms with Crippen LogP contribution >= 0.6 is 0 Å². The van der Waals surface area contributed by atoms with Crippen molar-refractivity contribution in [2.75, 3.05) is 13.1 Å². The summed E-state index contributed by atoms with van der Waals surface area (Å²) in [7, 11) is 0. The van der Waals surface area contributed by atoms with Gasteiger partial charge in [0.05, 0.1) is 0 Å². The molecule has 100 valence electrons. The van der Waals surface area contributed by atoms with Crippen molar-refractivity contribution in [2.24, 2.45) is 0 Å². The summed E-state index contributed by atoms with van der Waals surface area (Å²) < 4.78 is 0. The molecule has 1 unspecified atom stereocenters. The van der Waals surface area contributed by atoms with E-state index in [0.29, 0.717) is 18.1 Å². The van der Waals surface area contributed by atoms with Gasteiger partial charge >= 0.3 is 0 Å². The van der Waals surface area contributed by atoms with Crippen molar-refractivity contribution >= 4 is 0 Å². The molecule has 1 aliphatic heterocycles. The van der Waals surface area contributed by atoms with Gasteiger partial charge in [-0.1, -0.05) is 30.3 Å². The van der Waals surface area contributed by atoms with E-state index < -0.39 is 0 Å². The Morgan fingerprint density at radius 2 is 1.67 bits per heavy atom. The summed E-state index contributed by atoms with van der Waals surface area (Å²) in [5.74, 6) is 0. The first kappa shape index (κ1) is 13.6. The van der Waals surface area contributed by atoms with Crippen LogP contribution in [0.2, 0.25) is 0 Å². The zero-order valence-corrected chi connectivity index (χ0v) is 11.9. The van der Waals surface area contributed by atoms with E-state index in [4.69, 9.17) is 0 Å². The quantitative estimate of drug-likeness (QED) is 0.877. The van der Waals surface area contributed by atoms with Crippen molar-refractivity contribution < 1.29 is 0 Å². The van der Waals surface area contributed by atoms with Crippen molar-refractivity contribution in [1.82, 2.24) is 10.2 Å². The van der Waals surface area contributed by atoms with E-state index in [2.05, 4.69) is 61.3 Å². The molecule has 1 aromatic rings. The van der Waals surface area contributed by atoms with Gasteiger partial charge in [-0.05, 0) is 52.3 Å². The minimum absolute atomic E-state index is 0.460. The Morgan fingerprint density at radius 1 is 1.06 bits per heavy atom. The van der Waals surface area contributed by atoms with E-state index in [1.165, 1.54) is 31.5 Å². The van der Waals surface area contributed by atoms with Crippen LogP contribution in [0.3, 0.4) is 0 Å². The summed E-state index contributed by atoms with van der Waals surface area (Å²) in [6, 6.07) is 12.6. The third kappa shape index (κ3) is 3.56. The van der Waals surface area contributed by atoms with Gasteiger partial charge < -0.3 is 10.2 Å². The predicted molar refractivity (Wildman–Crippen MR) is 77.7 cm³/mol. The van der Waals surface area contributed by atoms with Crippen LogP contribution in [0.1, 0.15) is 45.2 Å². The van der Waals surface area contributed by atoms with Gasteiger partial charge in [0.1, 0.15) is 0 Å². The first-order valence-electron chi connectivity index (χ1n) is 7.22. The molecule has 0 radical (unpaired) electrons. The van der Waals surface area contributed by atoms with Gasteiger partial charge in [0.2, 0.25) is 0 Å². The second kappa shape index (κ2) is 6.35. The predicted octanol–water partition coefficient (Wildman–Crippen LogP) is 3.21. The van der Waals surface area contributed by atoms with E-state index >= 15 is 0 Å². The number of nitrogens with one attached hydrogen (secondary N) is 1. The summed E-state index contributed by atoms with van der Waals surface area (Å²) in [6.45, 7) is 9.32. The second-order valence-corrected chi connectivity index (χ2v) is 5.70. The molecule has 0 bridgehead atoms. The molecule has 1 heterocycles. The van der Waals surface area contributed by atoms with Crippen LogP contribution in [-0.2, 0) is 0 Å². The lowest BCUT2D eigenvalue weighted by Crippen LogP contribution is -2.45. The number of hydrogen-bond acceptors (Lipinski definition) is 2. The van der Waals surface area contributed by atoms with Crippen molar-refractivity contribution in [1.29, 1.82) is 0 Å². The topological polar surface area (TPSA) is 15.3 Å². The zero-order valence-electron chi connectivity index (χ0n) is 11.9. The third-order valence-corrected chi connectivity index (χ3v) is 4.05. The summed E-state index contributed by atoms with van der Waals surface area (Å²) in [5.41, 5.74) is 1.39. The molecule has 2 rings (SSSR count). The van der Waals surface area contributed by atoms with Crippen LogP contribution in [0.4, 0.5) is 0 Å². The molecule has 0 saturated carbocycles. The van der Waals surface area contributed by atoms with Crippen LogP contribution in [0.15, 0.2) is 30.3 Å². The monoisotopic (exact) mass is 246 g/mol. The minimum atomic E-state index is 0.460. The van der Waals surface area contributed by atoms with E-state index in [0.717, 1.165) is 0 Å². The fourth-order valence-electron chi connectivity index (χ4n) is 2.77. The van der Waals surface area contributed by atoms with Gasteiger partial charge in [0.25, 0.3) is 0 Å². The molecule has 1 N–H and O–H groups in total. The largest absolute Gasteiger partial charge is 0.307 e. The maximum Gasteiger partial charge on any atom is 0.0294 e. The number of nitrogens with zero attached hydrogens (tertiary/aromatic N) is 1. The van der Waals surface area contributed by atoms with Gasteiger partial charge in [0.15, 0.2) is 0 Å². The van der Waals surface area contributed by atoms with E-state index in [1.807, 2.05) is 0 Å². The van der Waals surface area contributed by atoms with Gasteiger partial charge in [-0.15, -0.1) is 0 Å². The minimum Gasteiger partial charge on any atom is -0.307 e. The maximum atomic E-state index is 3.77. The van der Waals surface area contributed by atoms with E-state index in [1.54, 1.807) is 0 Å². The van der Waals surface area contributed by atoms with Crippen molar-refractivity contribution in [3.8, 4) is 0 Å². The summed E-state index contributed by atoms with van der Waals surface area (Å²) in [5, 5.41) is 3.77. The lowest BCUT2D eigenvalue weighted by Gasteiger charge is -2.36. The first-order valence-corrected chi connectivity index (χ1v) is 7.22. The fourth-order valence-corrected chi connectivity index (χ4v) is 2.77. The van der Waals surface area contributed by atoms with Crippen LogP contribution in [0.5, 0.6) is 0 Å². The Bertz CT molecular complexity index is 339. The molecule has 2 nitrogen and oxygen atoms in total. The van der Waals surface area contributed by atoms with E-state index in [9.17, 15) is 0 Å². The number of likely N-dealkylation sites (tertiary alicyclic amines) is 1. The lowest BCUT2D eigenvalue weighted by atomic mass is 10.0. The number of hydrogen-bond donors (Lipinski definition) is 1. The maximum absolute atomic E-state index is 3.77. The molecule has 18 heavy (non-hydrogen) atoms. The number of piperidine rings is 1. The Hall–Kier alpha value is -0.860. The van der Waals surface area contributed by atoms with Crippen LogP contribution < -0.4 is 5.32 Å². The van der Waals surface area contributed by atoms with Crippen LogP contribution in [0.25, 0.3) is 0 Å². The molecule has 1 aromatic carbocycles. The first-order chi connectivity index (χ1) is 8.66. The van der Waals surface area contributed by atoms with Gasteiger partial charge in [-0.2, -0.15) is 0 Å². The molecule has 2 heteroatoms. The summed E-state index contributed by atoms with van der Waals surface area (Å²) >= 11 is 0. The average molecular weight is 246 g/mol.